The molecule has 0 aliphatic rings. The van der Waals surface area contributed by atoms with Gasteiger partial charge in [0.2, 0.25) is 0 Å². The Balaban J connectivity index is 1.73. The van der Waals surface area contributed by atoms with Crippen molar-refractivity contribution in [3.8, 4) is 11.5 Å². The molecule has 0 aliphatic carbocycles. The summed E-state index contributed by atoms with van der Waals surface area (Å²) in [5.74, 6) is -0.464. The van der Waals surface area contributed by atoms with Crippen LogP contribution in [0.15, 0.2) is 66.8 Å². The van der Waals surface area contributed by atoms with Crippen molar-refractivity contribution in [3.05, 3.63) is 77.9 Å². The number of unbranched alkanes of at least 4 members (excludes halogenated alkanes) is 4. The number of hydrogen-bond donors (Lipinski definition) is 0. The first-order valence-electron chi connectivity index (χ1n) is 12.1. The summed E-state index contributed by atoms with van der Waals surface area (Å²) in [4.78, 5) is 35.4. The number of hydrogen-bond acceptors (Lipinski definition) is 7. The molecular weight excluding hydrogens is 460 g/mol. The van der Waals surface area contributed by atoms with Crippen molar-refractivity contribution in [2.45, 2.75) is 46.0 Å². The van der Waals surface area contributed by atoms with Crippen LogP contribution < -0.4 is 9.47 Å². The minimum absolute atomic E-state index is 0.0415. The lowest BCUT2D eigenvalue weighted by molar-refractivity contribution is -0.146. The monoisotopic (exact) mass is 494 g/mol. The van der Waals surface area contributed by atoms with E-state index in [-0.39, 0.29) is 18.8 Å². The van der Waals surface area contributed by atoms with Crippen molar-refractivity contribution in [1.82, 2.24) is 0 Å². The predicted molar refractivity (Wildman–Crippen MR) is 138 cm³/mol. The van der Waals surface area contributed by atoms with Crippen molar-refractivity contribution in [2.24, 2.45) is 0 Å². The summed E-state index contributed by atoms with van der Waals surface area (Å²) in [6, 6.07) is 13.6. The maximum atomic E-state index is 12.4. The van der Waals surface area contributed by atoms with E-state index >= 15 is 0 Å². The Bertz CT molecular complexity index is 1020. The molecule has 0 spiro atoms. The zero-order valence-electron chi connectivity index (χ0n) is 21.0. The maximum Gasteiger partial charge on any atom is 0.343 e. The summed E-state index contributed by atoms with van der Waals surface area (Å²) in [7, 11) is 0. The van der Waals surface area contributed by atoms with E-state index in [1.165, 1.54) is 32.3 Å². The molecule has 2 aromatic carbocycles. The Kier molecular flexibility index (Phi) is 12.5. The van der Waals surface area contributed by atoms with E-state index in [0.29, 0.717) is 17.9 Å². The Morgan fingerprint density at radius 2 is 1.44 bits per heavy atom. The molecule has 2 aromatic rings. The van der Waals surface area contributed by atoms with Crippen LogP contribution in [-0.4, -0.2) is 37.7 Å². The van der Waals surface area contributed by atoms with Crippen LogP contribution in [0.3, 0.4) is 0 Å². The Labute approximate surface area is 212 Å². The highest BCUT2D eigenvalue weighted by molar-refractivity contribution is 5.91. The fourth-order valence-electron chi connectivity index (χ4n) is 3.01. The summed E-state index contributed by atoms with van der Waals surface area (Å²) in [6.45, 7) is 7.76. The van der Waals surface area contributed by atoms with Crippen LogP contribution in [-0.2, 0) is 19.1 Å². The van der Waals surface area contributed by atoms with Crippen molar-refractivity contribution in [3.63, 3.8) is 0 Å². The zero-order valence-corrected chi connectivity index (χ0v) is 21.0. The lowest BCUT2D eigenvalue weighted by Gasteiger charge is -2.08. The zero-order chi connectivity index (χ0) is 26.2. The van der Waals surface area contributed by atoms with E-state index in [2.05, 4.69) is 13.5 Å². The second kappa shape index (κ2) is 15.9. The van der Waals surface area contributed by atoms with E-state index in [0.717, 1.165) is 24.2 Å². The summed E-state index contributed by atoms with van der Waals surface area (Å²) in [5.41, 5.74) is 1.42. The molecule has 0 radical (unpaired) electrons. The van der Waals surface area contributed by atoms with Crippen LogP contribution in [0, 0.1) is 0 Å². The molecule has 0 fully saturated rings. The van der Waals surface area contributed by atoms with E-state index in [9.17, 15) is 14.4 Å². The normalized spacial score (nSPS) is 10.6. The number of rotatable bonds is 15. The molecule has 2 rings (SSSR count). The molecule has 0 aliphatic heterocycles. The van der Waals surface area contributed by atoms with Gasteiger partial charge in [-0.2, -0.15) is 0 Å². The van der Waals surface area contributed by atoms with Gasteiger partial charge in [0.1, 0.15) is 24.7 Å². The van der Waals surface area contributed by atoms with Gasteiger partial charge in [0.05, 0.1) is 12.2 Å². The molecule has 0 heterocycles. The van der Waals surface area contributed by atoms with E-state index in [4.69, 9.17) is 18.9 Å². The van der Waals surface area contributed by atoms with Gasteiger partial charge in [-0.25, -0.2) is 14.4 Å². The van der Waals surface area contributed by atoms with Gasteiger partial charge in [0.15, 0.2) is 0 Å². The number of esters is 3. The van der Waals surface area contributed by atoms with Gasteiger partial charge in [-0.05, 0) is 61.4 Å². The topological polar surface area (TPSA) is 88.1 Å². The summed E-state index contributed by atoms with van der Waals surface area (Å²) < 4.78 is 20.9. The molecular formula is C29H34O7. The van der Waals surface area contributed by atoms with E-state index in [1.54, 1.807) is 54.6 Å². The Morgan fingerprint density at radius 3 is 2.11 bits per heavy atom. The highest BCUT2D eigenvalue weighted by Crippen LogP contribution is 2.18. The highest BCUT2D eigenvalue weighted by Gasteiger charge is 2.09. The molecule has 36 heavy (non-hydrogen) atoms. The number of benzene rings is 2. The van der Waals surface area contributed by atoms with Crippen LogP contribution >= 0.6 is 0 Å². The third-order valence-corrected chi connectivity index (χ3v) is 5.02. The van der Waals surface area contributed by atoms with Crippen molar-refractivity contribution < 1.29 is 33.3 Å². The van der Waals surface area contributed by atoms with Crippen LogP contribution in [0.1, 0.15) is 61.9 Å². The van der Waals surface area contributed by atoms with Gasteiger partial charge in [-0.1, -0.05) is 51.3 Å². The van der Waals surface area contributed by atoms with Crippen LogP contribution in [0.2, 0.25) is 0 Å². The van der Waals surface area contributed by atoms with Gasteiger partial charge in [0, 0.05) is 11.6 Å². The third-order valence-electron chi connectivity index (χ3n) is 5.02. The lowest BCUT2D eigenvalue weighted by Crippen LogP contribution is -2.12. The minimum atomic E-state index is -0.569. The molecule has 0 unspecified atom stereocenters. The second-order valence-corrected chi connectivity index (χ2v) is 8.16. The quantitative estimate of drug-likeness (QED) is 0.131. The molecule has 192 valence electrons. The van der Waals surface area contributed by atoms with Gasteiger partial charge in [0.25, 0.3) is 0 Å². The standard InChI is InChI=1S/C29H34O7/c1-4-5-6-7-8-19-33-25-16-12-24(13-17-25)29(32)36-26-14-9-23(10-15-26)11-18-27(30)34-20-21-35-28(31)22(2)3/h9-18H,2,4-8,19-21H2,1,3H3/b18-11+. The predicted octanol–water partition coefficient (Wildman–Crippen LogP) is 5.93. The number of ether oxygens (including phenoxy) is 4. The van der Waals surface area contributed by atoms with Crippen molar-refractivity contribution in [1.29, 1.82) is 0 Å². The van der Waals surface area contributed by atoms with Gasteiger partial charge in [-0.15, -0.1) is 0 Å². The summed E-state index contributed by atoms with van der Waals surface area (Å²) in [5, 5.41) is 0. The first-order chi connectivity index (χ1) is 17.4. The summed E-state index contributed by atoms with van der Waals surface area (Å²) >= 11 is 0. The molecule has 0 amide bonds. The maximum absolute atomic E-state index is 12.4. The summed E-state index contributed by atoms with van der Waals surface area (Å²) in [6.07, 6.45) is 8.70. The van der Waals surface area contributed by atoms with Gasteiger partial charge < -0.3 is 18.9 Å². The van der Waals surface area contributed by atoms with Gasteiger partial charge >= 0.3 is 17.9 Å². The first kappa shape index (κ1) is 28.4. The molecule has 7 nitrogen and oxygen atoms in total. The van der Waals surface area contributed by atoms with Crippen LogP contribution in [0.5, 0.6) is 11.5 Å². The Hall–Kier alpha value is -3.87. The average molecular weight is 495 g/mol. The fourth-order valence-corrected chi connectivity index (χ4v) is 3.01. The van der Waals surface area contributed by atoms with E-state index in [1.807, 2.05) is 0 Å². The third kappa shape index (κ3) is 11.0. The first-order valence-corrected chi connectivity index (χ1v) is 12.1. The second-order valence-electron chi connectivity index (χ2n) is 8.16. The molecule has 0 N–H and O–H groups in total. The Morgan fingerprint density at radius 1 is 0.806 bits per heavy atom. The SMILES string of the molecule is C=C(C)C(=O)OCCOC(=O)/C=C/c1ccc(OC(=O)c2ccc(OCCCCCCC)cc2)cc1. The van der Waals surface area contributed by atoms with Crippen molar-refractivity contribution >= 4 is 24.0 Å². The smallest absolute Gasteiger partial charge is 0.343 e. The van der Waals surface area contributed by atoms with Crippen molar-refractivity contribution in [2.75, 3.05) is 19.8 Å². The largest absolute Gasteiger partial charge is 0.494 e. The number of carbonyl (C=O) groups is 3. The van der Waals surface area contributed by atoms with Gasteiger partial charge in [-0.3, -0.25) is 0 Å². The average Bonchev–Trinajstić information content (AvgIpc) is 2.88. The van der Waals surface area contributed by atoms with Crippen LogP contribution in [0.25, 0.3) is 6.08 Å². The highest BCUT2D eigenvalue weighted by atomic mass is 16.6. The molecule has 7 heteroatoms. The van der Waals surface area contributed by atoms with E-state index < -0.39 is 17.9 Å². The molecule has 0 aromatic heterocycles. The fraction of sp³-hybridized carbons (Fsp3) is 0.345. The van der Waals surface area contributed by atoms with Crippen LogP contribution in [0.4, 0.5) is 0 Å². The molecule has 0 saturated carbocycles. The molecule has 0 saturated heterocycles. The lowest BCUT2D eigenvalue weighted by atomic mass is 10.2. The minimum Gasteiger partial charge on any atom is -0.494 e. The molecule has 0 bridgehead atoms. The number of carbonyl (C=O) groups excluding carboxylic acids is 3. The molecule has 0 atom stereocenters.